The molecule has 0 spiro atoms. The summed E-state index contributed by atoms with van der Waals surface area (Å²) >= 11 is 0. The van der Waals surface area contributed by atoms with Crippen molar-refractivity contribution < 1.29 is 0 Å². The van der Waals surface area contributed by atoms with E-state index in [9.17, 15) is 0 Å². The number of hydrogen-bond donors (Lipinski definition) is 0. The molecule has 1 atom stereocenters. The molecular weight excluding hydrogens is 737 g/mol. The van der Waals surface area contributed by atoms with Crippen LogP contribution >= 0.6 is 0 Å². The van der Waals surface area contributed by atoms with E-state index in [-0.39, 0.29) is 6.04 Å². The van der Waals surface area contributed by atoms with E-state index < -0.39 is 0 Å². The van der Waals surface area contributed by atoms with Crippen molar-refractivity contribution in [3.8, 4) is 0 Å². The van der Waals surface area contributed by atoms with Crippen LogP contribution in [0.15, 0.2) is 305 Å². The highest BCUT2D eigenvalue weighted by Crippen LogP contribution is 2.33. The molecule has 0 radical (unpaired) electrons. The van der Waals surface area contributed by atoms with Gasteiger partial charge in [0, 0.05) is 34.5 Å². The molecule has 2 nitrogen and oxygen atoms in total. The molecule has 0 fully saturated rings. The molecule has 0 aliphatic heterocycles. The highest BCUT2D eigenvalue weighted by molar-refractivity contribution is 5.79. The van der Waals surface area contributed by atoms with Gasteiger partial charge in [0.25, 0.3) is 0 Å². The number of rotatable bonds is 22. The molecule has 3 aromatic carbocycles. The maximum atomic E-state index is 4.48. The lowest BCUT2D eigenvalue weighted by Crippen LogP contribution is -2.33. The predicted molar refractivity (Wildman–Crippen MR) is 272 cm³/mol. The molecule has 0 heterocycles. The van der Waals surface area contributed by atoms with Gasteiger partial charge in [-0.15, -0.1) is 0 Å². The lowest BCUT2D eigenvalue weighted by molar-refractivity contribution is 0.763. The van der Waals surface area contributed by atoms with Gasteiger partial charge in [-0.2, -0.15) is 0 Å². The maximum Gasteiger partial charge on any atom is 0.0559 e. The third-order valence-electron chi connectivity index (χ3n) is 9.72. The fourth-order valence-corrected chi connectivity index (χ4v) is 6.12. The highest BCUT2D eigenvalue weighted by Gasteiger charge is 2.21. The topological polar surface area (TPSA) is 6.48 Å². The van der Waals surface area contributed by atoms with Crippen LogP contribution in [-0.4, -0.2) is 6.04 Å². The Labute approximate surface area is 366 Å². The van der Waals surface area contributed by atoms with Gasteiger partial charge in [-0.25, -0.2) is 0 Å². The molecule has 0 saturated carbocycles. The van der Waals surface area contributed by atoms with Gasteiger partial charge in [0.2, 0.25) is 0 Å². The number of nitrogens with zero attached hydrogens (tertiary/aromatic N) is 2. The van der Waals surface area contributed by atoms with E-state index in [1.165, 1.54) is 0 Å². The maximum absolute atomic E-state index is 4.48. The number of hydrogen-bond acceptors (Lipinski definition) is 2. The van der Waals surface area contributed by atoms with Gasteiger partial charge in [0.05, 0.1) is 6.04 Å². The fourth-order valence-electron chi connectivity index (χ4n) is 6.12. The van der Waals surface area contributed by atoms with Crippen LogP contribution < -0.4 is 9.80 Å². The molecule has 304 valence electrons. The molecule has 0 amide bonds. The summed E-state index contributed by atoms with van der Waals surface area (Å²) in [5.74, 6) is 0. The molecule has 0 N–H and O–H groups in total. The summed E-state index contributed by atoms with van der Waals surface area (Å²) in [5, 5.41) is 0. The van der Waals surface area contributed by atoms with Gasteiger partial charge >= 0.3 is 0 Å². The van der Waals surface area contributed by atoms with Crippen molar-refractivity contribution in [3.05, 3.63) is 316 Å². The van der Waals surface area contributed by atoms with Crippen LogP contribution in [0.5, 0.6) is 0 Å². The quantitative estimate of drug-likeness (QED) is 0.0935. The number of anilines is 2. The standard InChI is InChI=1S/C59H58N2/c1-11-27-52(8)58-35-24-25-36-59(58)61(57-33-22-16-23-34-57)54(10)44-42-51(7)49(5)40-38-47(3)46(2)37-39-48(4)50(6)41-43-53(9)60(56-31-20-15-21-32-56)45-26-13-12-17-28-55-29-18-14-19-30-55/h11-33,35-45,57H,1-7,9-10,34H2,8H3/b13-12-,28-17+,39-37-,40-38-,43-41-,44-42-,45-26+,52-27+. The highest BCUT2D eigenvalue weighted by atomic mass is 15.2. The zero-order valence-electron chi connectivity index (χ0n) is 35.7. The summed E-state index contributed by atoms with van der Waals surface area (Å²) in [4.78, 5) is 4.29. The molecular formula is C59H58N2. The lowest BCUT2D eigenvalue weighted by Gasteiger charge is -2.34. The first-order chi connectivity index (χ1) is 29.5. The van der Waals surface area contributed by atoms with Crippen LogP contribution in [0.4, 0.5) is 11.4 Å². The summed E-state index contributed by atoms with van der Waals surface area (Å²) < 4.78 is 0. The van der Waals surface area contributed by atoms with Crippen LogP contribution in [0.3, 0.4) is 0 Å². The number of para-hydroxylation sites is 2. The predicted octanol–water partition coefficient (Wildman–Crippen LogP) is 15.8. The first-order valence-corrected chi connectivity index (χ1v) is 20.2. The summed E-state index contributed by atoms with van der Waals surface area (Å²) in [6.07, 6.45) is 40.7. The Kier molecular flexibility index (Phi) is 18.3. The van der Waals surface area contributed by atoms with Crippen LogP contribution in [-0.2, 0) is 0 Å². The Hall–Kier alpha value is -7.68. The van der Waals surface area contributed by atoms with Gasteiger partial charge in [-0.3, -0.25) is 0 Å². The molecule has 3 aromatic rings. The second kappa shape index (κ2) is 24.3. The molecule has 1 unspecified atom stereocenters. The Morgan fingerprint density at radius 3 is 1.62 bits per heavy atom. The van der Waals surface area contributed by atoms with E-state index >= 15 is 0 Å². The van der Waals surface area contributed by atoms with E-state index in [1.807, 2.05) is 145 Å². The van der Waals surface area contributed by atoms with Crippen molar-refractivity contribution in [1.29, 1.82) is 0 Å². The average Bonchev–Trinajstić information content (AvgIpc) is 3.29. The van der Waals surface area contributed by atoms with Gasteiger partial charge in [0.15, 0.2) is 0 Å². The molecule has 1 aliphatic carbocycles. The Balaban J connectivity index is 1.34. The van der Waals surface area contributed by atoms with Crippen LogP contribution in [0.1, 0.15) is 24.5 Å². The first-order valence-electron chi connectivity index (χ1n) is 20.2. The van der Waals surface area contributed by atoms with Gasteiger partial charge in [-0.1, -0.05) is 223 Å². The largest absolute Gasteiger partial charge is 0.334 e. The molecule has 4 rings (SSSR count). The molecule has 1 aliphatic rings. The van der Waals surface area contributed by atoms with Crippen molar-refractivity contribution in [3.63, 3.8) is 0 Å². The minimum atomic E-state index is 0.113. The second-order valence-corrected chi connectivity index (χ2v) is 14.3. The SMILES string of the molecule is C=C/C=C(\C)c1ccccc1N(C(=C)/C=C\C(=C)C(=C)/C=C\C(=C)C(=C)/C=C\C(=C)C(=C)/C=C\C(=C)N(/C=C/C=C\C=C\c1ccccc1)c1ccccc1)C1C=CC=CC1. The summed E-state index contributed by atoms with van der Waals surface area (Å²) in [7, 11) is 0. The summed E-state index contributed by atoms with van der Waals surface area (Å²) in [5.41, 5.74) is 11.5. The fraction of sp³-hybridized carbons (Fsp3) is 0.0508. The van der Waals surface area contributed by atoms with Crippen LogP contribution in [0.25, 0.3) is 11.6 Å². The Morgan fingerprint density at radius 2 is 1.07 bits per heavy atom. The van der Waals surface area contributed by atoms with E-state index in [1.54, 1.807) is 0 Å². The van der Waals surface area contributed by atoms with E-state index in [0.29, 0.717) is 0 Å². The van der Waals surface area contributed by atoms with E-state index in [0.717, 1.165) is 79.3 Å². The summed E-state index contributed by atoms with van der Waals surface area (Å²) in [6, 6.07) is 28.8. The molecule has 2 heteroatoms. The van der Waals surface area contributed by atoms with Crippen molar-refractivity contribution >= 4 is 23.0 Å². The Morgan fingerprint density at radius 1 is 0.557 bits per heavy atom. The monoisotopic (exact) mass is 794 g/mol. The zero-order chi connectivity index (χ0) is 44.0. The number of benzene rings is 3. The molecule has 61 heavy (non-hydrogen) atoms. The van der Waals surface area contributed by atoms with Gasteiger partial charge in [0.1, 0.15) is 0 Å². The molecule has 0 aromatic heterocycles. The lowest BCUT2D eigenvalue weighted by atomic mass is 9.99. The van der Waals surface area contributed by atoms with Crippen molar-refractivity contribution in [2.24, 2.45) is 0 Å². The normalized spacial score (nSPS) is 14.2. The van der Waals surface area contributed by atoms with E-state index in [4.69, 9.17) is 0 Å². The van der Waals surface area contributed by atoms with Gasteiger partial charge < -0.3 is 9.80 Å². The summed E-state index contributed by atoms with van der Waals surface area (Å²) in [6.45, 7) is 40.2. The molecule has 0 saturated heterocycles. The van der Waals surface area contributed by atoms with Crippen molar-refractivity contribution in [1.82, 2.24) is 0 Å². The first kappa shape index (κ1) is 46.0. The van der Waals surface area contributed by atoms with Crippen molar-refractivity contribution in [2.45, 2.75) is 19.4 Å². The van der Waals surface area contributed by atoms with Crippen molar-refractivity contribution in [2.75, 3.05) is 9.80 Å². The molecule has 0 bridgehead atoms. The third-order valence-corrected chi connectivity index (χ3v) is 9.72. The Bertz CT molecular complexity index is 2440. The third kappa shape index (κ3) is 14.6. The second-order valence-electron chi connectivity index (χ2n) is 14.3. The van der Waals surface area contributed by atoms with Crippen LogP contribution in [0.2, 0.25) is 0 Å². The number of allylic oxidation sites excluding steroid dienone is 23. The minimum Gasteiger partial charge on any atom is -0.334 e. The zero-order valence-corrected chi connectivity index (χ0v) is 35.7. The smallest absolute Gasteiger partial charge is 0.0559 e. The average molecular weight is 795 g/mol. The van der Waals surface area contributed by atoms with Crippen LogP contribution in [0, 0.1) is 0 Å². The minimum absolute atomic E-state index is 0.113. The van der Waals surface area contributed by atoms with Gasteiger partial charge in [-0.05, 0) is 94.3 Å². The van der Waals surface area contributed by atoms with E-state index in [2.05, 4.69) is 138 Å².